The van der Waals surface area contributed by atoms with Crippen LogP contribution in [-0.2, 0) is 0 Å². The van der Waals surface area contributed by atoms with Crippen LogP contribution >= 0.6 is 23.2 Å². The van der Waals surface area contributed by atoms with Gasteiger partial charge in [-0.1, -0.05) is 23.2 Å². The molecule has 0 aliphatic carbocycles. The molecule has 0 saturated carbocycles. The highest BCUT2D eigenvalue weighted by molar-refractivity contribution is 6.35. The summed E-state index contributed by atoms with van der Waals surface area (Å²) in [6.45, 7) is 0. The van der Waals surface area contributed by atoms with Crippen LogP contribution in [0.1, 0.15) is 0 Å². The van der Waals surface area contributed by atoms with E-state index in [1.54, 1.807) is 29.0 Å². The van der Waals surface area contributed by atoms with Crippen LogP contribution in [0.25, 0.3) is 16.9 Å². The lowest BCUT2D eigenvalue weighted by Gasteiger charge is -2.08. The molecule has 0 saturated heterocycles. The van der Waals surface area contributed by atoms with Crippen LogP contribution in [-0.4, -0.2) is 14.5 Å². The minimum Gasteiger partial charge on any atom is -0.369 e. The zero-order valence-electron chi connectivity index (χ0n) is 9.14. The third-order valence-corrected chi connectivity index (χ3v) is 3.13. The zero-order chi connectivity index (χ0) is 12.7. The second kappa shape index (κ2) is 4.15. The van der Waals surface area contributed by atoms with E-state index in [0.29, 0.717) is 27.3 Å². The van der Waals surface area contributed by atoms with E-state index in [9.17, 15) is 0 Å². The molecule has 3 rings (SSSR count). The zero-order valence-corrected chi connectivity index (χ0v) is 10.7. The largest absolute Gasteiger partial charge is 0.369 e. The van der Waals surface area contributed by atoms with Gasteiger partial charge in [-0.25, -0.2) is 9.97 Å². The number of pyridine rings is 1. The van der Waals surface area contributed by atoms with Crippen LogP contribution in [0.2, 0.25) is 10.0 Å². The highest BCUT2D eigenvalue weighted by atomic mass is 35.5. The molecule has 0 bridgehead atoms. The summed E-state index contributed by atoms with van der Waals surface area (Å²) in [5, 5.41) is 1.07. The summed E-state index contributed by atoms with van der Waals surface area (Å²) in [5.74, 6) is 0.341. The lowest BCUT2D eigenvalue weighted by atomic mass is 10.3. The Hall–Kier alpha value is -1.78. The fraction of sp³-hybridized carbons (Fsp3) is 0. The fourth-order valence-corrected chi connectivity index (χ4v) is 2.32. The van der Waals surface area contributed by atoms with Crippen molar-refractivity contribution in [3.63, 3.8) is 0 Å². The van der Waals surface area contributed by atoms with Gasteiger partial charge in [0, 0.05) is 11.2 Å². The molecule has 2 N–H and O–H groups in total. The predicted octanol–water partition coefficient (Wildman–Crippen LogP) is 3.31. The SMILES string of the molecule is Nc1nc2cccnc2n1-c1ccc(Cl)cc1Cl. The van der Waals surface area contributed by atoms with Gasteiger partial charge in [-0.2, -0.15) is 0 Å². The Bertz CT molecular complexity index is 736. The predicted molar refractivity (Wildman–Crippen MR) is 73.3 cm³/mol. The van der Waals surface area contributed by atoms with Gasteiger partial charge in [-0.15, -0.1) is 0 Å². The van der Waals surface area contributed by atoms with E-state index in [-0.39, 0.29) is 0 Å². The van der Waals surface area contributed by atoms with Gasteiger partial charge >= 0.3 is 0 Å². The van der Waals surface area contributed by atoms with Crippen LogP contribution in [0, 0.1) is 0 Å². The third kappa shape index (κ3) is 1.70. The Balaban J connectivity index is 2.34. The van der Waals surface area contributed by atoms with Crippen molar-refractivity contribution in [1.29, 1.82) is 0 Å². The Morgan fingerprint density at radius 3 is 2.78 bits per heavy atom. The summed E-state index contributed by atoms with van der Waals surface area (Å²) in [4.78, 5) is 8.51. The van der Waals surface area contributed by atoms with E-state index in [1.165, 1.54) is 0 Å². The molecule has 18 heavy (non-hydrogen) atoms. The molecule has 0 unspecified atom stereocenters. The molecule has 2 aromatic heterocycles. The maximum Gasteiger partial charge on any atom is 0.207 e. The van der Waals surface area contributed by atoms with Gasteiger partial charge in [0.15, 0.2) is 5.65 Å². The molecular formula is C12H8Cl2N4. The van der Waals surface area contributed by atoms with Crippen molar-refractivity contribution >= 4 is 40.3 Å². The van der Waals surface area contributed by atoms with Crippen LogP contribution in [0.4, 0.5) is 5.95 Å². The smallest absolute Gasteiger partial charge is 0.207 e. The summed E-state index contributed by atoms with van der Waals surface area (Å²) >= 11 is 12.1. The molecule has 0 amide bonds. The first kappa shape index (κ1) is 11.3. The topological polar surface area (TPSA) is 56.7 Å². The number of hydrogen-bond acceptors (Lipinski definition) is 3. The van der Waals surface area contributed by atoms with Crippen molar-refractivity contribution in [2.24, 2.45) is 0 Å². The highest BCUT2D eigenvalue weighted by Crippen LogP contribution is 2.28. The summed E-state index contributed by atoms with van der Waals surface area (Å²) in [7, 11) is 0. The molecule has 4 nitrogen and oxygen atoms in total. The third-order valence-electron chi connectivity index (χ3n) is 2.59. The van der Waals surface area contributed by atoms with E-state index in [1.807, 2.05) is 12.1 Å². The second-order valence-corrected chi connectivity index (χ2v) is 4.59. The molecule has 2 heterocycles. The fourth-order valence-electron chi connectivity index (χ4n) is 1.83. The van der Waals surface area contributed by atoms with Crippen molar-refractivity contribution < 1.29 is 0 Å². The number of benzene rings is 1. The number of aromatic nitrogens is 3. The molecule has 6 heteroatoms. The summed E-state index contributed by atoms with van der Waals surface area (Å²) in [5.41, 5.74) is 8.01. The standard InChI is InChI=1S/C12H8Cl2N4/c13-7-3-4-10(8(14)6-7)18-11-9(17-12(18)15)2-1-5-16-11/h1-6H,(H2,15,17). The maximum absolute atomic E-state index is 6.18. The van der Waals surface area contributed by atoms with E-state index < -0.39 is 0 Å². The van der Waals surface area contributed by atoms with E-state index in [0.717, 1.165) is 5.52 Å². The second-order valence-electron chi connectivity index (χ2n) is 3.75. The molecule has 0 fully saturated rings. The van der Waals surface area contributed by atoms with Gasteiger partial charge in [0.2, 0.25) is 5.95 Å². The van der Waals surface area contributed by atoms with Crippen molar-refractivity contribution in [2.45, 2.75) is 0 Å². The van der Waals surface area contributed by atoms with Crippen LogP contribution < -0.4 is 5.73 Å². The van der Waals surface area contributed by atoms with Gasteiger partial charge < -0.3 is 5.73 Å². The Kier molecular flexibility index (Phi) is 2.61. The van der Waals surface area contributed by atoms with Crippen LogP contribution in [0.5, 0.6) is 0 Å². The molecule has 0 radical (unpaired) electrons. The van der Waals surface area contributed by atoms with Crippen LogP contribution in [0.15, 0.2) is 36.5 Å². The lowest BCUT2D eigenvalue weighted by Crippen LogP contribution is -2.02. The number of hydrogen-bond donors (Lipinski definition) is 1. The Morgan fingerprint density at radius 2 is 2.00 bits per heavy atom. The van der Waals surface area contributed by atoms with Crippen molar-refractivity contribution in [3.05, 3.63) is 46.6 Å². The number of nitrogens with two attached hydrogens (primary N) is 1. The molecule has 0 spiro atoms. The molecule has 3 aromatic rings. The average Bonchev–Trinajstić information content (AvgIpc) is 2.66. The lowest BCUT2D eigenvalue weighted by molar-refractivity contribution is 1.08. The van der Waals surface area contributed by atoms with Gasteiger partial charge in [-0.3, -0.25) is 4.57 Å². The van der Waals surface area contributed by atoms with Crippen LogP contribution in [0.3, 0.4) is 0 Å². The minimum absolute atomic E-state index is 0.341. The van der Waals surface area contributed by atoms with Gasteiger partial charge in [0.25, 0.3) is 0 Å². The van der Waals surface area contributed by atoms with E-state index in [4.69, 9.17) is 28.9 Å². The summed E-state index contributed by atoms with van der Waals surface area (Å²) in [6.07, 6.45) is 1.68. The molecule has 90 valence electrons. The van der Waals surface area contributed by atoms with Gasteiger partial charge in [0.05, 0.1) is 10.7 Å². The Labute approximate surface area is 113 Å². The molecule has 1 aromatic carbocycles. The van der Waals surface area contributed by atoms with E-state index in [2.05, 4.69) is 9.97 Å². The number of nitrogen functional groups attached to an aromatic ring is 1. The Morgan fingerprint density at radius 1 is 1.17 bits per heavy atom. The molecule has 0 atom stereocenters. The van der Waals surface area contributed by atoms with Crippen molar-refractivity contribution in [2.75, 3.05) is 5.73 Å². The maximum atomic E-state index is 6.18. The number of anilines is 1. The highest BCUT2D eigenvalue weighted by Gasteiger charge is 2.13. The number of fused-ring (bicyclic) bond motifs is 1. The molecular weight excluding hydrogens is 271 g/mol. The first-order valence-corrected chi connectivity index (χ1v) is 5.97. The average molecular weight is 279 g/mol. The normalized spacial score (nSPS) is 11.0. The number of rotatable bonds is 1. The molecule has 0 aliphatic rings. The minimum atomic E-state index is 0.341. The van der Waals surface area contributed by atoms with E-state index >= 15 is 0 Å². The van der Waals surface area contributed by atoms with Crippen molar-refractivity contribution in [3.8, 4) is 5.69 Å². The monoisotopic (exact) mass is 278 g/mol. The van der Waals surface area contributed by atoms with Crippen molar-refractivity contribution in [1.82, 2.24) is 14.5 Å². The number of nitrogens with zero attached hydrogens (tertiary/aromatic N) is 3. The summed E-state index contributed by atoms with van der Waals surface area (Å²) in [6, 6.07) is 8.85. The number of halogens is 2. The summed E-state index contributed by atoms with van der Waals surface area (Å²) < 4.78 is 1.70. The first-order valence-electron chi connectivity index (χ1n) is 5.21. The number of imidazole rings is 1. The molecule has 0 aliphatic heterocycles. The van der Waals surface area contributed by atoms with Gasteiger partial charge in [0.1, 0.15) is 5.52 Å². The quantitative estimate of drug-likeness (QED) is 0.743. The first-order chi connectivity index (χ1) is 8.66. The van der Waals surface area contributed by atoms with Gasteiger partial charge in [-0.05, 0) is 30.3 Å².